The Hall–Kier alpha value is -2.48. The Labute approximate surface area is 144 Å². The Bertz CT molecular complexity index is 786. The fourth-order valence-corrected chi connectivity index (χ4v) is 3.82. The van der Waals surface area contributed by atoms with E-state index in [2.05, 4.69) is 43.9 Å². The van der Waals surface area contributed by atoms with Crippen LogP contribution in [-0.4, -0.2) is 45.6 Å². The molecule has 7 nitrogen and oxygen atoms in total. The highest BCUT2D eigenvalue weighted by Crippen LogP contribution is 2.27. The molecule has 0 saturated heterocycles. The van der Waals surface area contributed by atoms with Gasteiger partial charge in [-0.05, 0) is 5.41 Å². The lowest BCUT2D eigenvalue weighted by Gasteiger charge is -2.13. The highest BCUT2D eigenvalue weighted by atomic mass is 32.2. The van der Waals surface area contributed by atoms with Crippen molar-refractivity contribution in [3.8, 4) is 0 Å². The van der Waals surface area contributed by atoms with Gasteiger partial charge in [0.15, 0.2) is 0 Å². The molecule has 0 spiro atoms. The third-order valence-corrected chi connectivity index (χ3v) is 5.12. The van der Waals surface area contributed by atoms with Gasteiger partial charge in [0, 0.05) is 5.75 Å². The van der Waals surface area contributed by atoms with Crippen LogP contribution in [0.15, 0.2) is 52.1 Å². The first-order valence-electron chi connectivity index (χ1n) is 7.81. The van der Waals surface area contributed by atoms with E-state index in [-0.39, 0.29) is 18.1 Å². The number of nitrogens with one attached hydrogen (secondary N) is 1. The van der Waals surface area contributed by atoms with E-state index in [1.54, 1.807) is 18.1 Å². The zero-order valence-electron chi connectivity index (χ0n) is 13.0. The van der Waals surface area contributed by atoms with Gasteiger partial charge in [-0.2, -0.15) is 0 Å². The lowest BCUT2D eigenvalue weighted by Crippen LogP contribution is -2.34. The minimum atomic E-state index is 0.150. The van der Waals surface area contributed by atoms with Crippen LogP contribution in [0.3, 0.4) is 0 Å². The van der Waals surface area contributed by atoms with Crippen molar-refractivity contribution in [2.45, 2.75) is 18.1 Å². The van der Waals surface area contributed by atoms with Crippen molar-refractivity contribution < 1.29 is 0 Å². The van der Waals surface area contributed by atoms with Gasteiger partial charge < -0.3 is 21.4 Å². The molecule has 0 bridgehead atoms. The minimum Gasteiger partial charge on any atom is -0.383 e. The van der Waals surface area contributed by atoms with E-state index in [9.17, 15) is 0 Å². The van der Waals surface area contributed by atoms with E-state index in [1.165, 1.54) is 0 Å². The zero-order valence-corrected chi connectivity index (χ0v) is 13.9. The number of nitrogen functional groups attached to an aromatic ring is 1. The van der Waals surface area contributed by atoms with E-state index in [0.29, 0.717) is 23.9 Å². The maximum atomic E-state index is 6.20. The molecule has 4 rings (SSSR count). The lowest BCUT2D eigenvalue weighted by molar-refractivity contribution is 0.685. The fraction of sp³-hybridized carbons (Fsp3) is 0.312. The second-order valence-electron chi connectivity index (χ2n) is 5.82. The number of rotatable bonds is 4. The van der Waals surface area contributed by atoms with Crippen molar-refractivity contribution >= 4 is 29.3 Å². The number of allylic oxidation sites excluding steroid dienone is 3. The summed E-state index contributed by atoms with van der Waals surface area (Å²) in [6.07, 6.45) is 12.0. The summed E-state index contributed by atoms with van der Waals surface area (Å²) in [7, 11) is 0. The van der Waals surface area contributed by atoms with Crippen LogP contribution < -0.4 is 16.8 Å². The van der Waals surface area contributed by atoms with E-state index in [1.807, 2.05) is 16.7 Å². The molecule has 0 fully saturated rings. The number of imidazole rings is 1. The average Bonchev–Trinajstić information content (AvgIpc) is 3.31. The second-order valence-corrected chi connectivity index (χ2v) is 6.76. The smallest absolute Gasteiger partial charge is 0.148 e. The molecule has 3 aliphatic rings. The average molecular weight is 341 g/mol. The maximum absolute atomic E-state index is 6.20. The largest absolute Gasteiger partial charge is 0.383 e. The van der Waals surface area contributed by atoms with Crippen LogP contribution in [0.25, 0.3) is 0 Å². The number of aliphatic imine (C=N–C) groups is 2. The summed E-state index contributed by atoms with van der Waals surface area (Å²) in [5, 5.41) is 5.42. The van der Waals surface area contributed by atoms with E-state index < -0.39 is 0 Å². The summed E-state index contributed by atoms with van der Waals surface area (Å²) >= 11 is 1.76. The molecule has 1 aromatic rings. The van der Waals surface area contributed by atoms with Crippen LogP contribution in [0.2, 0.25) is 0 Å². The standard InChI is InChI=1S/C16H19N7S/c17-15(14-16(18)23(9-20-14)10-5-6-24-8-10)19-7-13-21-11-3-1-2-4-12(11)22-13/h1-6,9-12H,7-8,18H2,(H2,17,19)(H,21,22). The highest BCUT2D eigenvalue weighted by Gasteiger charge is 2.25. The van der Waals surface area contributed by atoms with Crippen LogP contribution in [0.4, 0.5) is 5.82 Å². The molecule has 0 saturated carbocycles. The third-order valence-electron chi connectivity index (χ3n) is 4.24. The number of hydrogen-bond donors (Lipinski definition) is 3. The molecule has 24 heavy (non-hydrogen) atoms. The van der Waals surface area contributed by atoms with Gasteiger partial charge in [-0.1, -0.05) is 30.4 Å². The van der Waals surface area contributed by atoms with E-state index >= 15 is 0 Å². The summed E-state index contributed by atoms with van der Waals surface area (Å²) in [5.74, 6) is 2.68. The van der Waals surface area contributed by atoms with E-state index in [0.717, 1.165) is 11.6 Å². The summed E-state index contributed by atoms with van der Waals surface area (Å²) in [6, 6.07) is 0.598. The summed E-state index contributed by atoms with van der Waals surface area (Å²) in [6.45, 7) is 0.395. The van der Waals surface area contributed by atoms with Crippen LogP contribution in [-0.2, 0) is 0 Å². The number of anilines is 1. The molecule has 3 atom stereocenters. The van der Waals surface area contributed by atoms with E-state index in [4.69, 9.17) is 11.5 Å². The molecule has 5 N–H and O–H groups in total. The monoisotopic (exact) mass is 341 g/mol. The quantitative estimate of drug-likeness (QED) is 0.556. The Kier molecular flexibility index (Phi) is 3.89. The Morgan fingerprint density at radius 1 is 1.38 bits per heavy atom. The van der Waals surface area contributed by atoms with Crippen LogP contribution in [0, 0.1) is 0 Å². The molecule has 2 aliphatic heterocycles. The molecular weight excluding hydrogens is 322 g/mol. The Morgan fingerprint density at radius 2 is 2.25 bits per heavy atom. The third kappa shape index (κ3) is 2.73. The predicted octanol–water partition coefficient (Wildman–Crippen LogP) is 0.837. The number of nitrogens with zero attached hydrogens (tertiary/aromatic N) is 4. The molecule has 0 radical (unpaired) electrons. The van der Waals surface area contributed by atoms with Crippen molar-refractivity contribution in [3.05, 3.63) is 47.8 Å². The van der Waals surface area contributed by atoms with Crippen LogP contribution >= 0.6 is 11.8 Å². The molecule has 0 aromatic carbocycles. The predicted molar refractivity (Wildman–Crippen MR) is 99.3 cm³/mol. The normalized spacial score (nSPS) is 28.1. The lowest BCUT2D eigenvalue weighted by atomic mass is 10.1. The highest BCUT2D eigenvalue weighted by molar-refractivity contribution is 8.02. The van der Waals surface area contributed by atoms with Gasteiger partial charge in [0.05, 0.1) is 31.0 Å². The number of fused-ring (bicyclic) bond motifs is 1. The first-order chi connectivity index (χ1) is 11.7. The molecule has 0 amide bonds. The summed E-state index contributed by atoms with van der Waals surface area (Å²) in [4.78, 5) is 13.3. The van der Waals surface area contributed by atoms with Gasteiger partial charge in [0.25, 0.3) is 0 Å². The Balaban J connectivity index is 1.47. The SMILES string of the molecule is NC(=NCC1=NC2C=CC=CC2N1)c1ncn(C2C=CSC2)c1N. The minimum absolute atomic E-state index is 0.150. The number of aromatic nitrogens is 2. The van der Waals surface area contributed by atoms with Gasteiger partial charge in [-0.15, -0.1) is 11.8 Å². The van der Waals surface area contributed by atoms with Crippen molar-refractivity contribution in [1.29, 1.82) is 0 Å². The van der Waals surface area contributed by atoms with Crippen molar-refractivity contribution in [2.24, 2.45) is 15.7 Å². The molecule has 3 heterocycles. The maximum Gasteiger partial charge on any atom is 0.148 e. The van der Waals surface area contributed by atoms with Gasteiger partial charge in [-0.3, -0.25) is 9.98 Å². The number of hydrogen-bond acceptors (Lipinski definition) is 6. The van der Waals surface area contributed by atoms with Gasteiger partial charge >= 0.3 is 0 Å². The first kappa shape index (κ1) is 15.1. The zero-order chi connectivity index (χ0) is 16.5. The van der Waals surface area contributed by atoms with Crippen molar-refractivity contribution in [1.82, 2.24) is 14.9 Å². The summed E-state index contributed by atoms with van der Waals surface area (Å²) < 4.78 is 1.93. The summed E-state index contributed by atoms with van der Waals surface area (Å²) in [5.41, 5.74) is 12.8. The molecule has 1 aliphatic carbocycles. The van der Waals surface area contributed by atoms with Gasteiger partial charge in [0.1, 0.15) is 23.2 Å². The van der Waals surface area contributed by atoms with Gasteiger partial charge in [0.2, 0.25) is 0 Å². The number of nitrogens with two attached hydrogens (primary N) is 2. The molecule has 3 unspecified atom stereocenters. The van der Waals surface area contributed by atoms with Crippen molar-refractivity contribution in [3.63, 3.8) is 0 Å². The molecule has 8 heteroatoms. The first-order valence-corrected chi connectivity index (χ1v) is 8.86. The Morgan fingerprint density at radius 3 is 3.04 bits per heavy atom. The molecular formula is C16H19N7S. The van der Waals surface area contributed by atoms with Crippen LogP contribution in [0.1, 0.15) is 11.7 Å². The van der Waals surface area contributed by atoms with Gasteiger partial charge in [-0.25, -0.2) is 4.98 Å². The number of amidine groups is 2. The molecule has 124 valence electrons. The second kappa shape index (κ2) is 6.20. The van der Waals surface area contributed by atoms with Crippen LogP contribution in [0.5, 0.6) is 0 Å². The topological polar surface area (TPSA) is 107 Å². The molecule has 1 aromatic heterocycles. The number of thioether (sulfide) groups is 1. The fourth-order valence-electron chi connectivity index (χ4n) is 2.94. The van der Waals surface area contributed by atoms with Crippen molar-refractivity contribution in [2.75, 3.05) is 18.0 Å².